The third kappa shape index (κ3) is 9.25. The van der Waals surface area contributed by atoms with Gasteiger partial charge in [-0.05, 0) is 43.9 Å². The van der Waals surface area contributed by atoms with Gasteiger partial charge in [0.05, 0.1) is 12.6 Å². The quantitative estimate of drug-likeness (QED) is 0.295. The second kappa shape index (κ2) is 13.2. The highest BCUT2D eigenvalue weighted by Gasteiger charge is 2.13. The summed E-state index contributed by atoms with van der Waals surface area (Å²) in [6.45, 7) is 10.8. The van der Waals surface area contributed by atoms with E-state index in [2.05, 4.69) is 29.5 Å². The number of aliphatic imine (C=N–C) groups is 1. The molecule has 0 saturated carbocycles. The summed E-state index contributed by atoms with van der Waals surface area (Å²) in [6.07, 6.45) is 1.11. The zero-order valence-corrected chi connectivity index (χ0v) is 17.8. The Labute approximate surface area is 167 Å². The molecular weight excluding hydrogens is 436 g/mol. The number of guanidine groups is 1. The molecule has 0 saturated heterocycles. The summed E-state index contributed by atoms with van der Waals surface area (Å²) in [7, 11) is 0. The maximum atomic E-state index is 13.3. The Morgan fingerprint density at radius 3 is 2.56 bits per heavy atom. The molecular formula is C18H31FIN3O2. The lowest BCUT2D eigenvalue weighted by Crippen LogP contribution is -2.39. The lowest BCUT2D eigenvalue weighted by Gasteiger charge is -2.21. The van der Waals surface area contributed by atoms with Crippen molar-refractivity contribution in [1.82, 2.24) is 10.6 Å². The molecule has 0 bridgehead atoms. The molecule has 25 heavy (non-hydrogen) atoms. The number of ether oxygens (including phenoxy) is 1. The highest BCUT2D eigenvalue weighted by atomic mass is 127. The van der Waals surface area contributed by atoms with Crippen LogP contribution in [0.1, 0.15) is 39.7 Å². The first-order chi connectivity index (χ1) is 11.5. The molecule has 0 aliphatic rings. The standard InChI is InChI=1S/C18H30FN3O2.HI/c1-5-20-18(21-10-9-17(13(3)4)24-6-2)22-12-14-7-8-16(23)15(19)11-14;/h7-8,11,13,17,23H,5-6,9-10,12H2,1-4H3,(H2,20,21,22);1H. The maximum absolute atomic E-state index is 13.3. The number of hydrogen-bond acceptors (Lipinski definition) is 3. The molecule has 1 aromatic rings. The van der Waals surface area contributed by atoms with Crippen LogP contribution in [0.5, 0.6) is 5.75 Å². The van der Waals surface area contributed by atoms with Gasteiger partial charge in [0.25, 0.3) is 0 Å². The monoisotopic (exact) mass is 467 g/mol. The molecule has 0 radical (unpaired) electrons. The normalized spacial score (nSPS) is 12.6. The summed E-state index contributed by atoms with van der Waals surface area (Å²) in [5.74, 6) is 0.178. The van der Waals surface area contributed by atoms with Gasteiger partial charge in [-0.1, -0.05) is 19.9 Å². The molecule has 7 heteroatoms. The zero-order chi connectivity index (χ0) is 17.9. The topological polar surface area (TPSA) is 65.9 Å². The number of nitrogens with zero attached hydrogens (tertiary/aromatic N) is 1. The Morgan fingerprint density at radius 1 is 1.28 bits per heavy atom. The number of rotatable bonds is 9. The first-order valence-corrected chi connectivity index (χ1v) is 8.59. The van der Waals surface area contributed by atoms with Gasteiger partial charge in [0, 0.05) is 19.7 Å². The van der Waals surface area contributed by atoms with Crippen molar-refractivity contribution in [2.24, 2.45) is 10.9 Å². The Bertz CT molecular complexity index is 527. The molecule has 1 unspecified atom stereocenters. The van der Waals surface area contributed by atoms with Crippen LogP contribution in [0, 0.1) is 11.7 Å². The molecule has 0 amide bonds. The average Bonchev–Trinajstić information content (AvgIpc) is 2.54. The van der Waals surface area contributed by atoms with E-state index < -0.39 is 5.82 Å². The highest BCUT2D eigenvalue weighted by molar-refractivity contribution is 14.0. The fourth-order valence-corrected chi connectivity index (χ4v) is 2.32. The van der Waals surface area contributed by atoms with Crippen LogP contribution in [0.3, 0.4) is 0 Å². The lowest BCUT2D eigenvalue weighted by molar-refractivity contribution is 0.0258. The van der Waals surface area contributed by atoms with E-state index in [0.717, 1.165) is 19.5 Å². The summed E-state index contributed by atoms with van der Waals surface area (Å²) < 4.78 is 19.1. The Morgan fingerprint density at radius 2 is 2.00 bits per heavy atom. The van der Waals surface area contributed by atoms with Gasteiger partial charge in [0.15, 0.2) is 17.5 Å². The predicted molar refractivity (Wildman–Crippen MR) is 111 cm³/mol. The van der Waals surface area contributed by atoms with Crippen molar-refractivity contribution in [1.29, 1.82) is 0 Å². The van der Waals surface area contributed by atoms with Crippen molar-refractivity contribution in [3.8, 4) is 5.75 Å². The first kappa shape index (κ1) is 23.9. The largest absolute Gasteiger partial charge is 0.505 e. The van der Waals surface area contributed by atoms with Crippen LogP contribution in [-0.4, -0.2) is 36.9 Å². The summed E-state index contributed by atoms with van der Waals surface area (Å²) in [5.41, 5.74) is 0.705. The van der Waals surface area contributed by atoms with E-state index in [1.54, 1.807) is 6.07 Å². The first-order valence-electron chi connectivity index (χ1n) is 8.59. The maximum Gasteiger partial charge on any atom is 0.191 e. The van der Waals surface area contributed by atoms with E-state index in [1.165, 1.54) is 12.1 Å². The van der Waals surface area contributed by atoms with Crippen LogP contribution >= 0.6 is 24.0 Å². The molecule has 144 valence electrons. The number of phenolic OH excluding ortho intramolecular Hbond substituents is 1. The van der Waals surface area contributed by atoms with Crippen LogP contribution in [0.4, 0.5) is 4.39 Å². The van der Waals surface area contributed by atoms with E-state index in [1.807, 2.05) is 13.8 Å². The van der Waals surface area contributed by atoms with Gasteiger partial charge in [-0.2, -0.15) is 0 Å². The van der Waals surface area contributed by atoms with E-state index in [4.69, 9.17) is 4.74 Å². The van der Waals surface area contributed by atoms with Gasteiger partial charge in [-0.3, -0.25) is 0 Å². The molecule has 0 aliphatic carbocycles. The lowest BCUT2D eigenvalue weighted by atomic mass is 10.0. The third-order valence-electron chi connectivity index (χ3n) is 3.62. The van der Waals surface area contributed by atoms with Crippen LogP contribution in [0.15, 0.2) is 23.2 Å². The Hall–Kier alpha value is -1.09. The molecule has 1 atom stereocenters. The van der Waals surface area contributed by atoms with Crippen LogP contribution in [0.25, 0.3) is 0 Å². The van der Waals surface area contributed by atoms with E-state index in [9.17, 15) is 9.50 Å². The molecule has 1 rings (SSSR count). The van der Waals surface area contributed by atoms with Crippen molar-refractivity contribution in [3.63, 3.8) is 0 Å². The molecule has 0 heterocycles. The summed E-state index contributed by atoms with van der Waals surface area (Å²) in [4.78, 5) is 4.45. The second-order valence-corrected chi connectivity index (χ2v) is 5.93. The van der Waals surface area contributed by atoms with E-state index in [-0.39, 0.29) is 35.8 Å². The summed E-state index contributed by atoms with van der Waals surface area (Å²) in [5, 5.41) is 15.7. The Balaban J connectivity index is 0.00000576. The van der Waals surface area contributed by atoms with E-state index in [0.29, 0.717) is 30.6 Å². The van der Waals surface area contributed by atoms with Crippen LogP contribution in [0.2, 0.25) is 0 Å². The van der Waals surface area contributed by atoms with Crippen molar-refractivity contribution < 1.29 is 14.2 Å². The van der Waals surface area contributed by atoms with Gasteiger partial charge in [-0.15, -0.1) is 24.0 Å². The summed E-state index contributed by atoms with van der Waals surface area (Å²) in [6, 6.07) is 4.30. The Kier molecular flexibility index (Phi) is 12.6. The molecule has 1 aromatic carbocycles. The van der Waals surface area contributed by atoms with Crippen molar-refractivity contribution in [2.45, 2.75) is 46.8 Å². The minimum absolute atomic E-state index is 0. The molecule has 0 spiro atoms. The number of hydrogen-bond donors (Lipinski definition) is 3. The van der Waals surface area contributed by atoms with Crippen molar-refractivity contribution in [3.05, 3.63) is 29.6 Å². The number of phenols is 1. The van der Waals surface area contributed by atoms with Crippen LogP contribution in [-0.2, 0) is 11.3 Å². The number of nitrogens with one attached hydrogen (secondary N) is 2. The summed E-state index contributed by atoms with van der Waals surface area (Å²) >= 11 is 0. The number of halogens is 2. The average molecular weight is 467 g/mol. The zero-order valence-electron chi connectivity index (χ0n) is 15.5. The van der Waals surface area contributed by atoms with E-state index >= 15 is 0 Å². The number of aromatic hydroxyl groups is 1. The molecule has 0 aromatic heterocycles. The van der Waals surface area contributed by atoms with Crippen LogP contribution < -0.4 is 10.6 Å². The second-order valence-electron chi connectivity index (χ2n) is 5.93. The molecule has 0 fully saturated rings. The van der Waals surface area contributed by atoms with Gasteiger partial charge in [0.2, 0.25) is 0 Å². The minimum atomic E-state index is -0.628. The van der Waals surface area contributed by atoms with Gasteiger partial charge < -0.3 is 20.5 Å². The van der Waals surface area contributed by atoms with Crippen molar-refractivity contribution in [2.75, 3.05) is 19.7 Å². The number of benzene rings is 1. The highest BCUT2D eigenvalue weighted by Crippen LogP contribution is 2.16. The van der Waals surface area contributed by atoms with Gasteiger partial charge in [-0.25, -0.2) is 9.38 Å². The molecule has 0 aliphatic heterocycles. The van der Waals surface area contributed by atoms with Gasteiger partial charge in [0.1, 0.15) is 0 Å². The van der Waals surface area contributed by atoms with Crippen molar-refractivity contribution >= 4 is 29.9 Å². The SMILES string of the molecule is CCNC(=NCc1ccc(O)c(F)c1)NCCC(OCC)C(C)C.I. The fourth-order valence-electron chi connectivity index (χ4n) is 2.32. The molecule has 5 nitrogen and oxygen atoms in total. The molecule has 3 N–H and O–H groups in total. The predicted octanol–water partition coefficient (Wildman–Crippen LogP) is 3.66. The van der Waals surface area contributed by atoms with Gasteiger partial charge >= 0.3 is 0 Å². The third-order valence-corrected chi connectivity index (χ3v) is 3.62. The fraction of sp³-hybridized carbons (Fsp3) is 0.611. The minimum Gasteiger partial charge on any atom is -0.505 e. The smallest absolute Gasteiger partial charge is 0.191 e.